The number of halogens is 1. The molecule has 0 radical (unpaired) electrons. The van der Waals surface area contributed by atoms with Crippen molar-refractivity contribution in [2.45, 2.75) is 19.4 Å². The molecule has 3 nitrogen and oxygen atoms in total. The predicted octanol–water partition coefficient (Wildman–Crippen LogP) is 2.38. The van der Waals surface area contributed by atoms with Crippen LogP contribution in [-0.4, -0.2) is 26.0 Å². The predicted molar refractivity (Wildman–Crippen MR) is 97.5 cm³/mol. The fourth-order valence-corrected chi connectivity index (χ4v) is 2.78. The molecule has 0 heterocycles. The van der Waals surface area contributed by atoms with E-state index in [0.717, 1.165) is 11.0 Å². The van der Waals surface area contributed by atoms with Crippen molar-refractivity contribution in [2.75, 3.05) is 20.1 Å². The molecule has 0 spiro atoms. The molecule has 0 fully saturated rings. The van der Waals surface area contributed by atoms with Gasteiger partial charge >= 0.3 is 0 Å². The molecule has 2 atom stereocenters. The van der Waals surface area contributed by atoms with Crippen LogP contribution in [0, 0.1) is 0 Å². The van der Waals surface area contributed by atoms with Crippen LogP contribution in [0.1, 0.15) is 24.0 Å². The molecule has 122 valence electrons. The Kier molecular flexibility index (Phi) is 6.81. The summed E-state index contributed by atoms with van der Waals surface area (Å²) in [5, 5.41) is 3.04. The van der Waals surface area contributed by atoms with E-state index in [0.29, 0.717) is 19.0 Å². The van der Waals surface area contributed by atoms with Gasteiger partial charge in [0, 0.05) is 16.6 Å². The fraction of sp³-hybridized carbons (Fsp3) is 0.316. The smallest absolute Gasteiger partial charge is 0.275 e. The summed E-state index contributed by atoms with van der Waals surface area (Å²) < 4.78 is 1.08. The average molecular weight is 376 g/mol. The van der Waals surface area contributed by atoms with Crippen LogP contribution in [0.4, 0.5) is 0 Å². The van der Waals surface area contributed by atoms with Gasteiger partial charge in [0.2, 0.25) is 0 Å². The Bertz CT molecular complexity index is 613. The van der Waals surface area contributed by atoms with Crippen LogP contribution in [0.2, 0.25) is 0 Å². The lowest BCUT2D eigenvalue weighted by Gasteiger charge is -2.16. The lowest BCUT2D eigenvalue weighted by Crippen LogP contribution is -3.08. The van der Waals surface area contributed by atoms with Crippen molar-refractivity contribution in [2.24, 2.45) is 0 Å². The van der Waals surface area contributed by atoms with Crippen molar-refractivity contribution in [3.05, 3.63) is 70.2 Å². The summed E-state index contributed by atoms with van der Waals surface area (Å²) in [7, 11) is 2.04. The lowest BCUT2D eigenvalue weighted by molar-refractivity contribution is -0.885. The first kappa shape index (κ1) is 17.7. The summed E-state index contributed by atoms with van der Waals surface area (Å²) in [6, 6.07) is 18.5. The van der Waals surface area contributed by atoms with Gasteiger partial charge in [-0.2, -0.15) is 0 Å². The van der Waals surface area contributed by atoms with Gasteiger partial charge in [-0.25, -0.2) is 0 Å². The fourth-order valence-electron chi connectivity index (χ4n) is 2.52. The molecule has 4 heteroatoms. The standard InChI is InChI=1S/C19H23BrN2O/c1-15(17-6-4-3-5-7-17)12-21-19(23)14-22(2)13-16-8-10-18(20)11-9-16/h3-11,15H,12-14H2,1-2H3,(H,21,23)/p+1/t15-/m0/s1. The lowest BCUT2D eigenvalue weighted by atomic mass is 10.0. The number of hydrogen-bond donors (Lipinski definition) is 2. The van der Waals surface area contributed by atoms with Crippen molar-refractivity contribution in [1.82, 2.24) is 5.32 Å². The summed E-state index contributed by atoms with van der Waals surface area (Å²) in [5.74, 6) is 0.425. The van der Waals surface area contributed by atoms with Gasteiger partial charge in [-0.15, -0.1) is 0 Å². The highest BCUT2D eigenvalue weighted by Gasteiger charge is 2.12. The highest BCUT2D eigenvalue weighted by atomic mass is 79.9. The molecule has 1 unspecified atom stereocenters. The molecule has 2 rings (SSSR count). The number of benzene rings is 2. The number of quaternary nitrogens is 1. The van der Waals surface area contributed by atoms with Crippen LogP contribution in [-0.2, 0) is 11.3 Å². The van der Waals surface area contributed by atoms with Gasteiger partial charge in [0.1, 0.15) is 6.54 Å². The zero-order valence-electron chi connectivity index (χ0n) is 13.7. The number of nitrogens with one attached hydrogen (secondary N) is 2. The van der Waals surface area contributed by atoms with Gasteiger partial charge in [0.15, 0.2) is 6.54 Å². The summed E-state index contributed by atoms with van der Waals surface area (Å²) in [6.07, 6.45) is 0. The summed E-state index contributed by atoms with van der Waals surface area (Å²) in [5.41, 5.74) is 2.49. The third kappa shape index (κ3) is 6.16. The SMILES string of the molecule is C[C@@H](CNC(=O)C[NH+](C)Cc1ccc(Br)cc1)c1ccccc1. The highest BCUT2D eigenvalue weighted by Crippen LogP contribution is 2.12. The Morgan fingerprint density at radius 2 is 1.78 bits per heavy atom. The number of rotatable bonds is 7. The van der Waals surface area contributed by atoms with Crippen LogP contribution in [0.15, 0.2) is 59.1 Å². The van der Waals surface area contributed by atoms with E-state index in [4.69, 9.17) is 0 Å². The van der Waals surface area contributed by atoms with Crippen LogP contribution in [0.3, 0.4) is 0 Å². The van der Waals surface area contributed by atoms with Gasteiger partial charge in [-0.3, -0.25) is 4.79 Å². The largest absolute Gasteiger partial charge is 0.351 e. The maximum atomic E-state index is 12.1. The molecule has 2 N–H and O–H groups in total. The van der Waals surface area contributed by atoms with E-state index in [-0.39, 0.29) is 5.91 Å². The molecule has 1 amide bonds. The maximum absolute atomic E-state index is 12.1. The van der Waals surface area contributed by atoms with Crippen molar-refractivity contribution < 1.29 is 9.69 Å². The Labute approximate surface area is 146 Å². The van der Waals surface area contributed by atoms with Crippen LogP contribution in [0.25, 0.3) is 0 Å². The Balaban J connectivity index is 1.74. The Hall–Kier alpha value is -1.65. The van der Waals surface area contributed by atoms with E-state index >= 15 is 0 Å². The Morgan fingerprint density at radius 1 is 1.13 bits per heavy atom. The molecule has 0 aliphatic rings. The minimum Gasteiger partial charge on any atom is -0.351 e. The third-order valence-electron chi connectivity index (χ3n) is 3.86. The van der Waals surface area contributed by atoms with E-state index in [2.05, 4.69) is 52.4 Å². The molecular weight excluding hydrogens is 352 g/mol. The summed E-state index contributed by atoms with van der Waals surface area (Å²) in [6.45, 7) is 4.13. The molecule has 0 bridgehead atoms. The van der Waals surface area contributed by atoms with E-state index in [1.165, 1.54) is 16.0 Å². The van der Waals surface area contributed by atoms with Crippen LogP contribution >= 0.6 is 15.9 Å². The number of carbonyl (C=O) groups excluding carboxylic acids is 1. The second-order valence-electron chi connectivity index (χ2n) is 6.05. The second-order valence-corrected chi connectivity index (χ2v) is 6.97. The summed E-state index contributed by atoms with van der Waals surface area (Å²) >= 11 is 3.43. The van der Waals surface area contributed by atoms with Gasteiger partial charge < -0.3 is 10.2 Å². The normalized spacial score (nSPS) is 13.3. The third-order valence-corrected chi connectivity index (χ3v) is 4.38. The topological polar surface area (TPSA) is 33.5 Å². The molecule has 0 saturated heterocycles. The van der Waals surface area contributed by atoms with Crippen molar-refractivity contribution >= 4 is 21.8 Å². The van der Waals surface area contributed by atoms with Crippen molar-refractivity contribution in [3.63, 3.8) is 0 Å². The number of carbonyl (C=O) groups is 1. The van der Waals surface area contributed by atoms with Gasteiger partial charge in [-0.1, -0.05) is 65.3 Å². The monoisotopic (exact) mass is 375 g/mol. The molecule has 23 heavy (non-hydrogen) atoms. The number of hydrogen-bond acceptors (Lipinski definition) is 1. The molecule has 0 saturated carbocycles. The maximum Gasteiger partial charge on any atom is 0.275 e. The molecular formula is C19H24BrN2O+. The van der Waals surface area contributed by atoms with Crippen LogP contribution < -0.4 is 10.2 Å². The molecule has 0 aliphatic carbocycles. The molecule has 0 aromatic heterocycles. The van der Waals surface area contributed by atoms with Crippen LogP contribution in [0.5, 0.6) is 0 Å². The minimum atomic E-state index is 0.0994. The second kappa shape index (κ2) is 8.85. The van der Waals surface area contributed by atoms with E-state index in [1.54, 1.807) is 0 Å². The minimum absolute atomic E-state index is 0.0994. The van der Waals surface area contributed by atoms with Gasteiger partial charge in [0.25, 0.3) is 5.91 Å². The first-order valence-corrected chi connectivity index (χ1v) is 8.71. The van der Waals surface area contributed by atoms with Gasteiger partial charge in [-0.05, 0) is 23.6 Å². The molecule has 0 aliphatic heterocycles. The zero-order chi connectivity index (χ0) is 16.7. The van der Waals surface area contributed by atoms with E-state index < -0.39 is 0 Å². The quantitative estimate of drug-likeness (QED) is 0.765. The Morgan fingerprint density at radius 3 is 2.43 bits per heavy atom. The molecule has 2 aromatic carbocycles. The first-order chi connectivity index (χ1) is 11.0. The average Bonchev–Trinajstić information content (AvgIpc) is 2.55. The highest BCUT2D eigenvalue weighted by molar-refractivity contribution is 9.10. The molecule has 2 aromatic rings. The zero-order valence-corrected chi connectivity index (χ0v) is 15.3. The summed E-state index contributed by atoms with van der Waals surface area (Å²) in [4.78, 5) is 13.3. The first-order valence-electron chi connectivity index (χ1n) is 7.92. The number of likely N-dealkylation sites (N-methyl/N-ethyl adjacent to an activating group) is 1. The number of amides is 1. The van der Waals surface area contributed by atoms with E-state index in [1.807, 2.05) is 37.4 Å². The van der Waals surface area contributed by atoms with Gasteiger partial charge in [0.05, 0.1) is 7.05 Å². The van der Waals surface area contributed by atoms with Crippen molar-refractivity contribution in [3.8, 4) is 0 Å². The van der Waals surface area contributed by atoms with E-state index in [9.17, 15) is 4.79 Å². The van der Waals surface area contributed by atoms with Crippen molar-refractivity contribution in [1.29, 1.82) is 0 Å².